The molecule has 28 heavy (non-hydrogen) atoms. The summed E-state index contributed by atoms with van der Waals surface area (Å²) in [6.45, 7) is 2.81. The van der Waals surface area contributed by atoms with Gasteiger partial charge in [-0.15, -0.1) is 0 Å². The van der Waals surface area contributed by atoms with E-state index >= 15 is 0 Å². The topological polar surface area (TPSA) is 81.8 Å². The van der Waals surface area contributed by atoms with Crippen LogP contribution in [0.2, 0.25) is 0 Å². The van der Waals surface area contributed by atoms with Crippen molar-refractivity contribution in [2.75, 3.05) is 39.7 Å². The average molecular weight is 385 g/mol. The Morgan fingerprint density at radius 3 is 2.68 bits per heavy atom. The summed E-state index contributed by atoms with van der Waals surface area (Å²) in [5, 5.41) is 7.07. The number of aromatic nitrogens is 2. The van der Waals surface area contributed by atoms with Crippen molar-refractivity contribution >= 4 is 17.5 Å². The molecule has 1 aliphatic heterocycles. The minimum absolute atomic E-state index is 0.0186. The number of hydrogen-bond acceptors (Lipinski definition) is 5. The molecule has 0 bridgehead atoms. The number of fused-ring (bicyclic) bond motifs is 1. The zero-order chi connectivity index (χ0) is 20.4. The van der Waals surface area contributed by atoms with Crippen LogP contribution < -0.4 is 9.64 Å². The number of aryl methyl sites for hydroxylation is 1. The van der Waals surface area contributed by atoms with E-state index in [9.17, 15) is 9.59 Å². The maximum atomic E-state index is 12.7. The Kier molecular flexibility index (Phi) is 5.58. The fourth-order valence-electron chi connectivity index (χ4n) is 3.24. The van der Waals surface area contributed by atoms with Crippen molar-refractivity contribution in [1.29, 1.82) is 0 Å². The van der Waals surface area contributed by atoms with Crippen LogP contribution in [0.3, 0.4) is 0 Å². The quantitative estimate of drug-likeness (QED) is 0.847. The number of benzene rings is 1. The molecular formula is C20H27N5O3. The van der Waals surface area contributed by atoms with E-state index < -0.39 is 0 Å². The van der Waals surface area contributed by atoms with Gasteiger partial charge in [0, 0.05) is 39.4 Å². The highest BCUT2D eigenvalue weighted by Gasteiger charge is 2.29. The van der Waals surface area contributed by atoms with Gasteiger partial charge in [-0.1, -0.05) is 0 Å². The number of amides is 2. The summed E-state index contributed by atoms with van der Waals surface area (Å²) in [7, 11) is 7.15. The number of rotatable bonds is 5. The van der Waals surface area contributed by atoms with Crippen LogP contribution in [0.4, 0.5) is 5.69 Å². The molecule has 2 amide bonds. The van der Waals surface area contributed by atoms with Crippen LogP contribution >= 0.6 is 0 Å². The standard InChI is InChI=1S/C20H27N5O3/c1-13-8-15(22-21-13)11-24(4)19(26)10-16-12-28-18-7-6-14(20(27)23(2)3)9-17(18)25(16)5/h6-9,16H,10-12H2,1-5H3,(H,21,22)/t16-/m0/s1. The van der Waals surface area contributed by atoms with E-state index in [0.29, 0.717) is 25.1 Å². The molecule has 2 heterocycles. The predicted molar refractivity (Wildman–Crippen MR) is 107 cm³/mol. The van der Waals surface area contributed by atoms with E-state index in [4.69, 9.17) is 4.74 Å². The fourth-order valence-corrected chi connectivity index (χ4v) is 3.24. The van der Waals surface area contributed by atoms with Crippen molar-refractivity contribution in [3.63, 3.8) is 0 Å². The number of carbonyl (C=O) groups excluding carboxylic acids is 2. The lowest BCUT2D eigenvalue weighted by molar-refractivity contribution is -0.131. The van der Waals surface area contributed by atoms with Crippen LogP contribution in [0, 0.1) is 6.92 Å². The minimum atomic E-state index is -0.104. The average Bonchev–Trinajstić information content (AvgIpc) is 3.07. The highest BCUT2D eigenvalue weighted by Crippen LogP contribution is 2.34. The van der Waals surface area contributed by atoms with Crippen LogP contribution in [-0.2, 0) is 11.3 Å². The summed E-state index contributed by atoms with van der Waals surface area (Å²) in [5.74, 6) is 0.676. The first-order valence-corrected chi connectivity index (χ1v) is 9.22. The number of carbonyl (C=O) groups is 2. The smallest absolute Gasteiger partial charge is 0.253 e. The van der Waals surface area contributed by atoms with Crippen LogP contribution in [-0.4, -0.2) is 72.7 Å². The summed E-state index contributed by atoms with van der Waals surface area (Å²) in [6, 6.07) is 7.23. The first-order chi connectivity index (χ1) is 13.3. The Morgan fingerprint density at radius 1 is 1.29 bits per heavy atom. The number of anilines is 1. The number of hydrogen-bond donors (Lipinski definition) is 1. The van der Waals surface area contributed by atoms with Crippen molar-refractivity contribution < 1.29 is 14.3 Å². The van der Waals surface area contributed by atoms with Crippen LogP contribution in [0.1, 0.15) is 28.2 Å². The third-order valence-corrected chi connectivity index (χ3v) is 4.97. The molecule has 8 nitrogen and oxygen atoms in total. The third-order valence-electron chi connectivity index (χ3n) is 4.97. The highest BCUT2D eigenvalue weighted by atomic mass is 16.5. The predicted octanol–water partition coefficient (Wildman–Crippen LogP) is 1.67. The van der Waals surface area contributed by atoms with Gasteiger partial charge < -0.3 is 19.4 Å². The van der Waals surface area contributed by atoms with E-state index in [-0.39, 0.29) is 17.9 Å². The molecule has 0 fully saturated rings. The lowest BCUT2D eigenvalue weighted by Gasteiger charge is -2.36. The van der Waals surface area contributed by atoms with E-state index in [1.165, 1.54) is 4.90 Å². The summed E-state index contributed by atoms with van der Waals surface area (Å²) >= 11 is 0. The summed E-state index contributed by atoms with van der Waals surface area (Å²) < 4.78 is 5.85. The Balaban J connectivity index is 1.69. The van der Waals surface area contributed by atoms with Gasteiger partial charge >= 0.3 is 0 Å². The molecule has 1 aliphatic rings. The van der Waals surface area contributed by atoms with Crippen molar-refractivity contribution in [2.45, 2.75) is 25.9 Å². The van der Waals surface area contributed by atoms with Gasteiger partial charge in [0.15, 0.2) is 0 Å². The molecule has 2 aromatic rings. The first kappa shape index (κ1) is 19.7. The summed E-state index contributed by atoms with van der Waals surface area (Å²) in [5.41, 5.74) is 3.22. The van der Waals surface area contributed by atoms with E-state index in [1.54, 1.807) is 32.1 Å². The maximum absolute atomic E-state index is 12.7. The molecule has 0 saturated carbocycles. The van der Waals surface area contributed by atoms with Gasteiger partial charge in [0.2, 0.25) is 5.91 Å². The van der Waals surface area contributed by atoms with Gasteiger partial charge in [-0.05, 0) is 31.2 Å². The molecule has 1 N–H and O–H groups in total. The monoisotopic (exact) mass is 385 g/mol. The number of aromatic amines is 1. The van der Waals surface area contributed by atoms with Crippen molar-refractivity contribution in [1.82, 2.24) is 20.0 Å². The SMILES string of the molecule is Cc1cc(CN(C)C(=O)C[C@H]2COc3ccc(C(=O)N(C)C)cc3N2C)n[nH]1. The van der Waals surface area contributed by atoms with Gasteiger partial charge in [-0.3, -0.25) is 14.7 Å². The molecule has 3 rings (SSSR count). The van der Waals surface area contributed by atoms with E-state index in [0.717, 1.165) is 22.8 Å². The molecule has 1 atom stereocenters. The zero-order valence-electron chi connectivity index (χ0n) is 17.0. The highest BCUT2D eigenvalue weighted by molar-refractivity contribution is 5.95. The second kappa shape index (κ2) is 7.92. The maximum Gasteiger partial charge on any atom is 0.253 e. The van der Waals surface area contributed by atoms with Crippen LogP contribution in [0.25, 0.3) is 0 Å². The summed E-state index contributed by atoms with van der Waals surface area (Å²) in [4.78, 5) is 30.2. The minimum Gasteiger partial charge on any atom is -0.489 e. The Morgan fingerprint density at radius 2 is 2.04 bits per heavy atom. The number of nitrogens with zero attached hydrogens (tertiary/aromatic N) is 4. The first-order valence-electron chi connectivity index (χ1n) is 9.22. The normalized spacial score (nSPS) is 15.6. The Labute approximate surface area is 165 Å². The van der Waals surface area contributed by atoms with Gasteiger partial charge in [-0.25, -0.2) is 0 Å². The van der Waals surface area contributed by atoms with Gasteiger partial charge in [0.25, 0.3) is 5.91 Å². The van der Waals surface area contributed by atoms with Crippen molar-refractivity contribution in [3.8, 4) is 5.75 Å². The molecule has 0 saturated heterocycles. The lowest BCUT2D eigenvalue weighted by atomic mass is 10.1. The molecule has 1 aromatic carbocycles. The molecule has 150 valence electrons. The lowest BCUT2D eigenvalue weighted by Crippen LogP contribution is -2.44. The molecule has 1 aromatic heterocycles. The third kappa shape index (κ3) is 4.11. The number of ether oxygens (including phenoxy) is 1. The van der Waals surface area contributed by atoms with Gasteiger partial charge in [-0.2, -0.15) is 5.10 Å². The molecule has 0 unspecified atom stereocenters. The van der Waals surface area contributed by atoms with Gasteiger partial charge in [0.1, 0.15) is 12.4 Å². The number of nitrogens with one attached hydrogen (secondary N) is 1. The fraction of sp³-hybridized carbons (Fsp3) is 0.450. The number of H-pyrrole nitrogens is 1. The molecule has 0 spiro atoms. The molecule has 8 heteroatoms. The Bertz CT molecular complexity index is 876. The second-order valence-corrected chi connectivity index (χ2v) is 7.45. The number of likely N-dealkylation sites (N-methyl/N-ethyl adjacent to an activating group) is 1. The van der Waals surface area contributed by atoms with Crippen molar-refractivity contribution in [2.24, 2.45) is 0 Å². The van der Waals surface area contributed by atoms with Crippen molar-refractivity contribution in [3.05, 3.63) is 41.2 Å². The Hall–Kier alpha value is -3.03. The molecule has 0 radical (unpaired) electrons. The molecular weight excluding hydrogens is 358 g/mol. The van der Waals surface area contributed by atoms with Crippen LogP contribution in [0.15, 0.2) is 24.3 Å². The van der Waals surface area contributed by atoms with Crippen LogP contribution in [0.5, 0.6) is 5.75 Å². The zero-order valence-corrected chi connectivity index (χ0v) is 17.0. The van der Waals surface area contributed by atoms with E-state index in [2.05, 4.69) is 10.2 Å². The largest absolute Gasteiger partial charge is 0.489 e. The van der Waals surface area contributed by atoms with Gasteiger partial charge in [0.05, 0.1) is 30.4 Å². The molecule has 0 aliphatic carbocycles. The van der Waals surface area contributed by atoms with E-state index in [1.807, 2.05) is 37.1 Å². The second-order valence-electron chi connectivity index (χ2n) is 7.45. The summed E-state index contributed by atoms with van der Waals surface area (Å²) in [6.07, 6.45) is 0.321.